The second-order valence-corrected chi connectivity index (χ2v) is 5.82. The highest BCUT2D eigenvalue weighted by atomic mass is 32.2. The topological polar surface area (TPSA) is 58.2 Å². The molecule has 1 heterocycles. The van der Waals surface area contributed by atoms with Gasteiger partial charge in [-0.2, -0.15) is 0 Å². The number of hydrogen-bond acceptors (Lipinski definition) is 4. The minimum Gasteiger partial charge on any atom is -0.380 e. The molecule has 15 heavy (non-hydrogen) atoms. The Morgan fingerprint density at radius 2 is 2.13 bits per heavy atom. The number of sulfone groups is 1. The quantitative estimate of drug-likeness (QED) is 0.787. The minimum atomic E-state index is -3.11. The van der Waals surface area contributed by atoms with Crippen LogP contribution in [-0.4, -0.2) is 33.8 Å². The molecule has 0 saturated carbocycles. The van der Waals surface area contributed by atoms with Gasteiger partial charge in [-0.1, -0.05) is 6.07 Å². The van der Waals surface area contributed by atoms with Crippen molar-refractivity contribution in [1.29, 1.82) is 0 Å². The van der Waals surface area contributed by atoms with Gasteiger partial charge in [0.05, 0.1) is 10.9 Å². The van der Waals surface area contributed by atoms with Crippen molar-refractivity contribution in [2.24, 2.45) is 0 Å². The molecule has 1 aliphatic heterocycles. The summed E-state index contributed by atoms with van der Waals surface area (Å²) < 4.78 is 22.6. The average Bonchev–Trinajstić information content (AvgIpc) is 2.11. The third kappa shape index (κ3) is 2.49. The molecule has 0 spiro atoms. The normalized spacial score (nSPS) is 17.1. The standard InChI is InChI=1S/C10H14N2O2S/c1-15(13,14)10-4-2-3-8(5-10)12-9-6-11-7-9/h2-5,9,11-12H,6-7H2,1H3. The van der Waals surface area contributed by atoms with Gasteiger partial charge in [0, 0.05) is 25.0 Å². The van der Waals surface area contributed by atoms with E-state index in [-0.39, 0.29) is 0 Å². The molecule has 82 valence electrons. The van der Waals surface area contributed by atoms with Gasteiger partial charge in [-0.3, -0.25) is 0 Å². The number of benzene rings is 1. The Balaban J connectivity index is 2.18. The van der Waals surface area contributed by atoms with E-state index < -0.39 is 9.84 Å². The molecular formula is C10H14N2O2S. The lowest BCUT2D eigenvalue weighted by molar-refractivity contribution is 0.472. The first-order valence-electron chi connectivity index (χ1n) is 4.83. The fourth-order valence-electron chi connectivity index (χ4n) is 1.44. The maximum absolute atomic E-state index is 11.3. The van der Waals surface area contributed by atoms with Crippen molar-refractivity contribution in [3.05, 3.63) is 24.3 Å². The average molecular weight is 226 g/mol. The van der Waals surface area contributed by atoms with Crippen molar-refractivity contribution in [3.8, 4) is 0 Å². The SMILES string of the molecule is CS(=O)(=O)c1cccc(NC2CNC2)c1. The van der Waals surface area contributed by atoms with Crippen LogP contribution in [0.15, 0.2) is 29.2 Å². The Bertz CT molecular complexity index is 452. The summed E-state index contributed by atoms with van der Waals surface area (Å²) in [5, 5.41) is 6.41. The van der Waals surface area contributed by atoms with E-state index in [1.807, 2.05) is 6.07 Å². The lowest BCUT2D eigenvalue weighted by atomic mass is 10.1. The molecule has 0 aromatic heterocycles. The molecule has 0 radical (unpaired) electrons. The van der Waals surface area contributed by atoms with Gasteiger partial charge in [0.15, 0.2) is 9.84 Å². The highest BCUT2D eigenvalue weighted by molar-refractivity contribution is 7.90. The van der Waals surface area contributed by atoms with E-state index in [1.165, 1.54) is 6.26 Å². The van der Waals surface area contributed by atoms with E-state index in [2.05, 4.69) is 10.6 Å². The van der Waals surface area contributed by atoms with Gasteiger partial charge in [0.1, 0.15) is 0 Å². The van der Waals surface area contributed by atoms with Crippen LogP contribution in [0.25, 0.3) is 0 Å². The Morgan fingerprint density at radius 1 is 1.40 bits per heavy atom. The third-order valence-corrected chi connectivity index (χ3v) is 3.52. The van der Waals surface area contributed by atoms with Crippen LogP contribution in [0.1, 0.15) is 0 Å². The van der Waals surface area contributed by atoms with E-state index in [4.69, 9.17) is 0 Å². The fourth-order valence-corrected chi connectivity index (χ4v) is 2.11. The Kier molecular flexibility index (Phi) is 2.67. The Hall–Kier alpha value is -1.07. The van der Waals surface area contributed by atoms with Gasteiger partial charge in [0.2, 0.25) is 0 Å². The van der Waals surface area contributed by atoms with Gasteiger partial charge < -0.3 is 10.6 Å². The molecule has 5 heteroatoms. The monoisotopic (exact) mass is 226 g/mol. The number of hydrogen-bond donors (Lipinski definition) is 2. The molecular weight excluding hydrogens is 212 g/mol. The van der Waals surface area contributed by atoms with Crippen LogP contribution in [0, 0.1) is 0 Å². The second kappa shape index (κ2) is 3.83. The molecule has 1 aromatic rings. The number of rotatable bonds is 3. The van der Waals surface area contributed by atoms with Gasteiger partial charge >= 0.3 is 0 Å². The Labute approximate surface area is 89.6 Å². The van der Waals surface area contributed by atoms with Crippen LogP contribution in [-0.2, 0) is 9.84 Å². The van der Waals surface area contributed by atoms with E-state index in [0.29, 0.717) is 10.9 Å². The molecule has 0 bridgehead atoms. The predicted molar refractivity (Wildman–Crippen MR) is 59.8 cm³/mol. The molecule has 0 aliphatic carbocycles. The summed E-state index contributed by atoms with van der Waals surface area (Å²) in [6, 6.07) is 7.34. The second-order valence-electron chi connectivity index (χ2n) is 3.80. The van der Waals surface area contributed by atoms with Crippen molar-refractivity contribution >= 4 is 15.5 Å². The zero-order valence-corrected chi connectivity index (χ0v) is 9.34. The summed E-state index contributed by atoms with van der Waals surface area (Å²) >= 11 is 0. The van der Waals surface area contributed by atoms with Gasteiger partial charge in [-0.15, -0.1) is 0 Å². The van der Waals surface area contributed by atoms with Gasteiger partial charge in [-0.25, -0.2) is 8.42 Å². The van der Waals surface area contributed by atoms with E-state index in [1.54, 1.807) is 18.2 Å². The van der Waals surface area contributed by atoms with E-state index in [0.717, 1.165) is 18.8 Å². The molecule has 1 aromatic carbocycles. The molecule has 1 aliphatic rings. The van der Waals surface area contributed by atoms with Crippen LogP contribution in [0.2, 0.25) is 0 Å². The number of anilines is 1. The lowest BCUT2D eigenvalue weighted by Gasteiger charge is -2.29. The first-order chi connectivity index (χ1) is 7.05. The molecule has 2 N–H and O–H groups in total. The zero-order chi connectivity index (χ0) is 10.9. The van der Waals surface area contributed by atoms with E-state index in [9.17, 15) is 8.42 Å². The van der Waals surface area contributed by atoms with Crippen molar-refractivity contribution in [2.45, 2.75) is 10.9 Å². The molecule has 0 amide bonds. The third-order valence-electron chi connectivity index (χ3n) is 2.41. The van der Waals surface area contributed by atoms with Crippen molar-refractivity contribution in [1.82, 2.24) is 5.32 Å². The largest absolute Gasteiger partial charge is 0.380 e. The zero-order valence-electron chi connectivity index (χ0n) is 8.53. The van der Waals surface area contributed by atoms with Crippen LogP contribution < -0.4 is 10.6 Å². The van der Waals surface area contributed by atoms with Crippen LogP contribution >= 0.6 is 0 Å². The maximum atomic E-state index is 11.3. The molecule has 0 unspecified atom stereocenters. The van der Waals surface area contributed by atoms with Gasteiger partial charge in [-0.05, 0) is 18.2 Å². The summed E-state index contributed by atoms with van der Waals surface area (Å²) in [5.74, 6) is 0. The summed E-state index contributed by atoms with van der Waals surface area (Å²) in [6.07, 6.45) is 1.22. The lowest BCUT2D eigenvalue weighted by Crippen LogP contribution is -2.51. The highest BCUT2D eigenvalue weighted by Gasteiger charge is 2.16. The van der Waals surface area contributed by atoms with Crippen LogP contribution in [0.4, 0.5) is 5.69 Å². The van der Waals surface area contributed by atoms with Crippen LogP contribution in [0.3, 0.4) is 0 Å². The summed E-state index contributed by atoms with van der Waals surface area (Å²) in [6.45, 7) is 1.87. The molecule has 0 atom stereocenters. The van der Waals surface area contributed by atoms with Crippen LogP contribution in [0.5, 0.6) is 0 Å². The molecule has 2 rings (SSSR count). The summed E-state index contributed by atoms with van der Waals surface area (Å²) in [5.41, 5.74) is 0.865. The predicted octanol–water partition coefficient (Wildman–Crippen LogP) is 0.474. The maximum Gasteiger partial charge on any atom is 0.175 e. The van der Waals surface area contributed by atoms with Gasteiger partial charge in [0.25, 0.3) is 0 Å². The first-order valence-corrected chi connectivity index (χ1v) is 6.72. The Morgan fingerprint density at radius 3 is 2.67 bits per heavy atom. The number of nitrogens with one attached hydrogen (secondary N) is 2. The summed E-state index contributed by atoms with van der Waals surface area (Å²) in [4.78, 5) is 0.361. The highest BCUT2D eigenvalue weighted by Crippen LogP contribution is 2.16. The van der Waals surface area contributed by atoms with Crippen molar-refractivity contribution in [2.75, 3.05) is 24.7 Å². The summed E-state index contributed by atoms with van der Waals surface area (Å²) in [7, 11) is -3.11. The molecule has 1 saturated heterocycles. The van der Waals surface area contributed by atoms with E-state index >= 15 is 0 Å². The first kappa shape index (κ1) is 10.4. The molecule has 1 fully saturated rings. The van der Waals surface area contributed by atoms with Crippen molar-refractivity contribution in [3.63, 3.8) is 0 Å². The van der Waals surface area contributed by atoms with Crippen molar-refractivity contribution < 1.29 is 8.42 Å². The minimum absolute atomic E-state index is 0.361. The fraction of sp³-hybridized carbons (Fsp3) is 0.400. The molecule has 4 nitrogen and oxygen atoms in total. The smallest absolute Gasteiger partial charge is 0.175 e.